The molecule has 2 nitrogen and oxygen atoms in total. The average molecular weight is 452 g/mol. The van der Waals surface area contributed by atoms with Crippen molar-refractivity contribution in [3.8, 4) is 22.5 Å². The molecule has 1 aliphatic carbocycles. The van der Waals surface area contributed by atoms with Crippen LogP contribution in [0.3, 0.4) is 0 Å². The Morgan fingerprint density at radius 1 is 0.571 bits per heavy atom. The molecule has 1 heterocycles. The number of fused-ring (bicyclic) bond motifs is 5. The minimum atomic E-state index is 0.0000557. The third-order valence-electron chi connectivity index (χ3n) is 7.42. The smallest absolute Gasteiger partial charge is 0.135 e. The monoisotopic (exact) mass is 451 g/mol. The molecule has 2 heteroatoms. The highest BCUT2D eigenvalue weighted by Gasteiger charge is 2.35. The number of anilines is 2. The molecule has 168 valence electrons. The third-order valence-corrected chi connectivity index (χ3v) is 7.42. The molecule has 0 bridgehead atoms. The zero-order valence-electron chi connectivity index (χ0n) is 19.8. The second-order valence-corrected chi connectivity index (χ2v) is 9.98. The molecule has 0 spiro atoms. The maximum atomic E-state index is 6.07. The van der Waals surface area contributed by atoms with Crippen LogP contribution in [0.4, 0.5) is 11.4 Å². The van der Waals surface area contributed by atoms with E-state index in [0.29, 0.717) is 0 Å². The Bertz CT molecular complexity index is 1720. The number of rotatable bonds is 3. The minimum Gasteiger partial charge on any atom is -0.456 e. The molecule has 0 radical (unpaired) electrons. The molecule has 0 saturated carbocycles. The fourth-order valence-electron chi connectivity index (χ4n) is 5.55. The van der Waals surface area contributed by atoms with Crippen molar-refractivity contribution >= 4 is 33.1 Å². The Labute approximate surface area is 204 Å². The summed E-state index contributed by atoms with van der Waals surface area (Å²) < 4.78 is 6.07. The first-order valence-corrected chi connectivity index (χ1v) is 12.1. The van der Waals surface area contributed by atoms with Gasteiger partial charge in [-0.2, -0.15) is 0 Å². The van der Waals surface area contributed by atoms with E-state index in [1.807, 2.05) is 18.2 Å². The summed E-state index contributed by atoms with van der Waals surface area (Å²) in [5, 5.41) is 7.15. The van der Waals surface area contributed by atoms with Gasteiger partial charge in [-0.3, -0.25) is 0 Å². The first kappa shape index (κ1) is 20.1. The van der Waals surface area contributed by atoms with Crippen LogP contribution in [0.25, 0.3) is 44.2 Å². The second-order valence-electron chi connectivity index (χ2n) is 9.98. The Balaban J connectivity index is 1.20. The van der Waals surface area contributed by atoms with Gasteiger partial charge in [0.15, 0.2) is 0 Å². The molecule has 1 aromatic heterocycles. The quantitative estimate of drug-likeness (QED) is 0.290. The van der Waals surface area contributed by atoms with Gasteiger partial charge >= 0.3 is 0 Å². The summed E-state index contributed by atoms with van der Waals surface area (Å²) in [7, 11) is 0. The molecule has 5 aromatic carbocycles. The van der Waals surface area contributed by atoms with E-state index in [1.165, 1.54) is 33.0 Å². The Kier molecular flexibility index (Phi) is 4.22. The van der Waals surface area contributed by atoms with Crippen LogP contribution in [0.15, 0.2) is 114 Å². The zero-order chi connectivity index (χ0) is 23.6. The van der Waals surface area contributed by atoms with Crippen LogP contribution in [0.2, 0.25) is 0 Å². The van der Waals surface area contributed by atoms with Crippen LogP contribution in [0.5, 0.6) is 0 Å². The molecule has 7 rings (SSSR count). The van der Waals surface area contributed by atoms with Crippen LogP contribution in [-0.2, 0) is 5.41 Å². The fourth-order valence-corrected chi connectivity index (χ4v) is 5.55. The zero-order valence-corrected chi connectivity index (χ0v) is 19.8. The van der Waals surface area contributed by atoms with Crippen molar-refractivity contribution in [2.75, 3.05) is 5.32 Å². The van der Waals surface area contributed by atoms with Crippen molar-refractivity contribution in [2.24, 2.45) is 0 Å². The van der Waals surface area contributed by atoms with E-state index in [0.717, 1.165) is 33.7 Å². The van der Waals surface area contributed by atoms with Crippen molar-refractivity contribution in [3.63, 3.8) is 0 Å². The Morgan fingerprint density at radius 2 is 1.29 bits per heavy atom. The van der Waals surface area contributed by atoms with Crippen LogP contribution in [0, 0.1) is 0 Å². The molecule has 0 atom stereocenters. The summed E-state index contributed by atoms with van der Waals surface area (Å²) in [5.74, 6) is 0.900. The van der Waals surface area contributed by atoms with E-state index in [2.05, 4.69) is 110 Å². The molecular weight excluding hydrogens is 426 g/mol. The predicted molar refractivity (Wildman–Crippen MR) is 146 cm³/mol. The van der Waals surface area contributed by atoms with Gasteiger partial charge in [-0.1, -0.05) is 80.6 Å². The van der Waals surface area contributed by atoms with Gasteiger partial charge in [0.05, 0.1) is 0 Å². The van der Waals surface area contributed by atoms with Crippen molar-refractivity contribution in [1.82, 2.24) is 0 Å². The lowest BCUT2D eigenvalue weighted by molar-refractivity contribution is 0.631. The van der Waals surface area contributed by atoms with Crippen LogP contribution in [-0.4, -0.2) is 0 Å². The molecule has 0 unspecified atom stereocenters. The van der Waals surface area contributed by atoms with Crippen molar-refractivity contribution in [1.29, 1.82) is 0 Å². The summed E-state index contributed by atoms with van der Waals surface area (Å²) in [4.78, 5) is 0. The van der Waals surface area contributed by atoms with Gasteiger partial charge in [-0.15, -0.1) is 0 Å². The average Bonchev–Trinajstić information content (AvgIpc) is 3.41. The van der Waals surface area contributed by atoms with Gasteiger partial charge in [0.25, 0.3) is 0 Å². The number of nitrogens with one attached hydrogen (secondary N) is 1. The molecule has 0 saturated heterocycles. The van der Waals surface area contributed by atoms with Crippen molar-refractivity contribution in [2.45, 2.75) is 19.3 Å². The summed E-state index contributed by atoms with van der Waals surface area (Å²) in [6.07, 6.45) is 0. The predicted octanol–water partition coefficient (Wildman–Crippen LogP) is 9.30. The summed E-state index contributed by atoms with van der Waals surface area (Å²) in [6.45, 7) is 4.63. The topological polar surface area (TPSA) is 25.2 Å². The summed E-state index contributed by atoms with van der Waals surface area (Å²) in [5.41, 5.74) is 9.68. The van der Waals surface area contributed by atoms with Crippen molar-refractivity contribution < 1.29 is 4.42 Å². The van der Waals surface area contributed by atoms with Gasteiger partial charge in [0.1, 0.15) is 11.3 Å². The fraction of sp³-hybridized carbons (Fsp3) is 0.0909. The first-order valence-electron chi connectivity index (χ1n) is 12.1. The molecule has 0 amide bonds. The molecule has 1 aliphatic rings. The van der Waals surface area contributed by atoms with Gasteiger partial charge in [0, 0.05) is 27.7 Å². The van der Waals surface area contributed by atoms with Crippen molar-refractivity contribution in [3.05, 3.63) is 120 Å². The molecule has 0 fully saturated rings. The standard InChI is InChI=1S/C33H25NO/c1-33(2)29-9-5-4-8-27(29)28-16-15-26(20-30(28)33)34-25-14-13-21-17-24(12-11-22(21)18-25)32-19-23-7-3-6-10-31(23)35-32/h3-20,34H,1-2H3. The lowest BCUT2D eigenvalue weighted by Gasteiger charge is -2.22. The van der Waals surface area contributed by atoms with Gasteiger partial charge in [-0.05, 0) is 75.5 Å². The van der Waals surface area contributed by atoms with Crippen LogP contribution >= 0.6 is 0 Å². The van der Waals surface area contributed by atoms with E-state index in [1.54, 1.807) is 0 Å². The van der Waals surface area contributed by atoms with E-state index in [9.17, 15) is 0 Å². The van der Waals surface area contributed by atoms with E-state index in [4.69, 9.17) is 4.42 Å². The summed E-state index contributed by atoms with van der Waals surface area (Å²) in [6, 6.07) is 38.8. The molecule has 1 N–H and O–H groups in total. The normalized spacial score (nSPS) is 13.7. The van der Waals surface area contributed by atoms with Gasteiger partial charge in [-0.25, -0.2) is 0 Å². The Hall–Kier alpha value is -4.30. The van der Waals surface area contributed by atoms with E-state index >= 15 is 0 Å². The minimum absolute atomic E-state index is 0.0000557. The first-order chi connectivity index (χ1) is 17.1. The highest BCUT2D eigenvalue weighted by molar-refractivity contribution is 5.91. The molecule has 35 heavy (non-hydrogen) atoms. The highest BCUT2D eigenvalue weighted by atomic mass is 16.3. The number of para-hydroxylation sites is 1. The van der Waals surface area contributed by atoms with Gasteiger partial charge in [0.2, 0.25) is 0 Å². The molecular formula is C33H25NO. The Morgan fingerprint density at radius 3 is 2.20 bits per heavy atom. The lowest BCUT2D eigenvalue weighted by atomic mass is 9.82. The van der Waals surface area contributed by atoms with Gasteiger partial charge < -0.3 is 9.73 Å². The van der Waals surface area contributed by atoms with E-state index < -0.39 is 0 Å². The SMILES string of the molecule is CC1(C)c2ccccc2-c2ccc(Nc3ccc4cc(-c5cc6ccccc6o5)ccc4c3)cc21. The largest absolute Gasteiger partial charge is 0.456 e. The van der Waals surface area contributed by atoms with Crippen LogP contribution < -0.4 is 5.32 Å². The number of hydrogen-bond donors (Lipinski definition) is 1. The molecule has 0 aliphatic heterocycles. The third kappa shape index (κ3) is 3.18. The number of hydrogen-bond acceptors (Lipinski definition) is 2. The maximum Gasteiger partial charge on any atom is 0.135 e. The maximum absolute atomic E-state index is 6.07. The summed E-state index contributed by atoms with van der Waals surface area (Å²) >= 11 is 0. The highest BCUT2D eigenvalue weighted by Crippen LogP contribution is 2.49. The lowest BCUT2D eigenvalue weighted by Crippen LogP contribution is -2.15. The number of benzene rings is 5. The van der Waals surface area contributed by atoms with E-state index in [-0.39, 0.29) is 5.41 Å². The number of furan rings is 1. The molecule has 6 aromatic rings. The second kappa shape index (κ2) is 7.35. The van der Waals surface area contributed by atoms with Crippen LogP contribution in [0.1, 0.15) is 25.0 Å².